The minimum Gasteiger partial charge on any atom is -0.489 e. The van der Waals surface area contributed by atoms with Crippen molar-refractivity contribution in [2.45, 2.75) is 6.61 Å². The minimum absolute atomic E-state index is 0.140. The van der Waals surface area contributed by atoms with Crippen molar-refractivity contribution in [3.05, 3.63) is 99.0 Å². The number of hydrogen-bond donors (Lipinski definition) is 0. The summed E-state index contributed by atoms with van der Waals surface area (Å²) < 4.78 is 24.4. The normalized spacial score (nSPS) is 14.1. The van der Waals surface area contributed by atoms with Crippen LogP contribution in [-0.4, -0.2) is 5.78 Å². The Morgan fingerprint density at radius 1 is 1.00 bits per heavy atom. The Hall–Kier alpha value is -2.82. The molecule has 0 bridgehead atoms. The molecule has 1 aliphatic rings. The van der Waals surface area contributed by atoms with E-state index >= 15 is 0 Å². The molecule has 6 heteroatoms. The third kappa shape index (κ3) is 3.75. The van der Waals surface area contributed by atoms with Crippen molar-refractivity contribution in [3.63, 3.8) is 0 Å². The molecule has 0 radical (unpaired) electrons. The quantitative estimate of drug-likeness (QED) is 0.468. The first-order valence-electron chi connectivity index (χ1n) is 8.41. The van der Waals surface area contributed by atoms with Crippen LogP contribution in [0.5, 0.6) is 11.5 Å². The fourth-order valence-electron chi connectivity index (χ4n) is 2.78. The summed E-state index contributed by atoms with van der Waals surface area (Å²) in [7, 11) is 0. The van der Waals surface area contributed by atoms with Gasteiger partial charge in [0.05, 0.1) is 5.56 Å². The molecule has 1 aliphatic heterocycles. The van der Waals surface area contributed by atoms with E-state index in [-0.39, 0.29) is 24.0 Å². The van der Waals surface area contributed by atoms with Gasteiger partial charge in [-0.25, -0.2) is 4.39 Å². The summed E-state index contributed by atoms with van der Waals surface area (Å²) in [4.78, 5) is 12.6. The van der Waals surface area contributed by atoms with Crippen molar-refractivity contribution < 1.29 is 18.7 Å². The lowest BCUT2D eigenvalue weighted by molar-refractivity contribution is 0.101. The van der Waals surface area contributed by atoms with E-state index in [4.69, 9.17) is 32.7 Å². The first kappa shape index (κ1) is 18.5. The summed E-state index contributed by atoms with van der Waals surface area (Å²) in [5, 5.41) is 0.853. The smallest absolute Gasteiger partial charge is 0.231 e. The number of carbonyl (C=O) groups is 1. The van der Waals surface area contributed by atoms with Crippen LogP contribution >= 0.6 is 23.2 Å². The molecule has 0 aromatic heterocycles. The van der Waals surface area contributed by atoms with Crippen molar-refractivity contribution in [3.8, 4) is 11.5 Å². The zero-order chi connectivity index (χ0) is 19.7. The number of ketones is 1. The number of ether oxygens (including phenoxy) is 2. The predicted molar refractivity (Wildman–Crippen MR) is 107 cm³/mol. The Morgan fingerprint density at radius 3 is 2.43 bits per heavy atom. The van der Waals surface area contributed by atoms with E-state index in [1.54, 1.807) is 48.5 Å². The van der Waals surface area contributed by atoms with Crippen LogP contribution in [0.15, 0.2) is 66.4 Å². The van der Waals surface area contributed by atoms with Gasteiger partial charge in [0.1, 0.15) is 23.9 Å². The van der Waals surface area contributed by atoms with E-state index in [1.165, 1.54) is 18.2 Å². The second-order valence-electron chi connectivity index (χ2n) is 6.15. The molecular weight excluding hydrogens is 402 g/mol. The molecule has 4 rings (SSSR count). The predicted octanol–water partition coefficient (Wildman–Crippen LogP) is 6.33. The Balaban J connectivity index is 1.54. The van der Waals surface area contributed by atoms with Crippen LogP contribution in [-0.2, 0) is 6.61 Å². The highest BCUT2D eigenvalue weighted by Crippen LogP contribution is 2.36. The van der Waals surface area contributed by atoms with Crippen LogP contribution in [0.3, 0.4) is 0 Å². The van der Waals surface area contributed by atoms with Crippen LogP contribution in [0, 0.1) is 5.82 Å². The van der Waals surface area contributed by atoms with Crippen molar-refractivity contribution in [2.24, 2.45) is 0 Å². The molecule has 0 N–H and O–H groups in total. The maximum Gasteiger partial charge on any atom is 0.231 e. The number of benzene rings is 3. The lowest BCUT2D eigenvalue weighted by Crippen LogP contribution is -1.98. The lowest BCUT2D eigenvalue weighted by atomic mass is 10.1. The summed E-state index contributed by atoms with van der Waals surface area (Å²) >= 11 is 12.3. The molecule has 28 heavy (non-hydrogen) atoms. The number of allylic oxidation sites excluding steroid dienone is 1. The highest BCUT2D eigenvalue weighted by molar-refractivity contribution is 6.37. The van der Waals surface area contributed by atoms with Gasteiger partial charge in [0.15, 0.2) is 5.76 Å². The minimum atomic E-state index is -0.300. The van der Waals surface area contributed by atoms with E-state index in [0.29, 0.717) is 32.7 Å². The van der Waals surface area contributed by atoms with E-state index in [9.17, 15) is 9.18 Å². The zero-order valence-corrected chi connectivity index (χ0v) is 15.9. The molecule has 1 heterocycles. The van der Waals surface area contributed by atoms with Gasteiger partial charge in [0, 0.05) is 21.7 Å². The van der Waals surface area contributed by atoms with E-state index < -0.39 is 0 Å². The van der Waals surface area contributed by atoms with Crippen molar-refractivity contribution in [2.75, 3.05) is 0 Å². The standard InChI is InChI=1S/C22H13Cl2FO3/c23-18-2-1-3-19(24)17(18)11-21-22(26)16-9-8-15(10-20(16)28-21)27-12-13-4-6-14(25)7-5-13/h1-11H,12H2. The third-order valence-electron chi connectivity index (χ3n) is 4.24. The summed E-state index contributed by atoms with van der Waals surface area (Å²) in [6, 6.07) is 16.1. The van der Waals surface area contributed by atoms with Crippen LogP contribution in [0.4, 0.5) is 4.39 Å². The van der Waals surface area contributed by atoms with E-state index in [0.717, 1.165) is 5.56 Å². The summed E-state index contributed by atoms with van der Waals surface area (Å²) in [6.45, 7) is 0.269. The van der Waals surface area contributed by atoms with Gasteiger partial charge in [-0.1, -0.05) is 41.4 Å². The summed E-state index contributed by atoms with van der Waals surface area (Å²) in [5.41, 5.74) is 1.78. The van der Waals surface area contributed by atoms with Crippen LogP contribution in [0.25, 0.3) is 6.08 Å². The highest BCUT2D eigenvalue weighted by atomic mass is 35.5. The fourth-order valence-corrected chi connectivity index (χ4v) is 3.29. The third-order valence-corrected chi connectivity index (χ3v) is 4.89. The maximum absolute atomic E-state index is 13.0. The Bertz CT molecular complexity index is 1070. The van der Waals surface area contributed by atoms with E-state index in [1.807, 2.05) is 0 Å². The molecule has 3 nitrogen and oxygen atoms in total. The van der Waals surface area contributed by atoms with Crippen molar-refractivity contribution in [1.82, 2.24) is 0 Å². The number of carbonyl (C=O) groups excluding carboxylic acids is 1. The molecule has 0 saturated heterocycles. The molecule has 0 amide bonds. The zero-order valence-electron chi connectivity index (χ0n) is 14.4. The molecule has 0 spiro atoms. The van der Waals surface area contributed by atoms with Crippen LogP contribution in [0.1, 0.15) is 21.5 Å². The first-order chi connectivity index (χ1) is 13.5. The molecular formula is C22H13Cl2FO3. The number of halogens is 3. The second kappa shape index (κ2) is 7.66. The van der Waals surface area contributed by atoms with Gasteiger partial charge >= 0.3 is 0 Å². The van der Waals surface area contributed by atoms with Crippen LogP contribution < -0.4 is 9.47 Å². The van der Waals surface area contributed by atoms with E-state index in [2.05, 4.69) is 0 Å². The Kier molecular flexibility index (Phi) is 5.07. The molecule has 0 aliphatic carbocycles. The molecule has 0 saturated carbocycles. The molecule has 0 fully saturated rings. The van der Waals surface area contributed by atoms with Gasteiger partial charge in [-0.2, -0.15) is 0 Å². The first-order valence-corrected chi connectivity index (χ1v) is 9.16. The molecule has 140 valence electrons. The molecule has 0 atom stereocenters. The Labute approximate surface area is 170 Å². The topological polar surface area (TPSA) is 35.5 Å². The number of fused-ring (bicyclic) bond motifs is 1. The number of hydrogen-bond acceptors (Lipinski definition) is 3. The summed E-state index contributed by atoms with van der Waals surface area (Å²) in [5.74, 6) is 0.520. The maximum atomic E-state index is 13.0. The Morgan fingerprint density at radius 2 is 1.71 bits per heavy atom. The molecule has 0 unspecified atom stereocenters. The van der Waals surface area contributed by atoms with Gasteiger partial charge in [-0.15, -0.1) is 0 Å². The van der Waals surface area contributed by atoms with Gasteiger partial charge in [0.25, 0.3) is 0 Å². The molecule has 3 aromatic carbocycles. The lowest BCUT2D eigenvalue weighted by Gasteiger charge is -2.07. The average Bonchev–Trinajstić information content (AvgIpc) is 2.99. The number of Topliss-reactive ketones (excluding diaryl/α,β-unsaturated/α-hetero) is 1. The molecule has 3 aromatic rings. The number of rotatable bonds is 4. The van der Waals surface area contributed by atoms with Gasteiger partial charge < -0.3 is 9.47 Å². The largest absolute Gasteiger partial charge is 0.489 e. The van der Waals surface area contributed by atoms with Crippen molar-refractivity contribution >= 4 is 35.1 Å². The fraction of sp³-hybridized carbons (Fsp3) is 0.0455. The van der Waals surface area contributed by atoms with Crippen molar-refractivity contribution in [1.29, 1.82) is 0 Å². The van der Waals surface area contributed by atoms with Crippen LogP contribution in [0.2, 0.25) is 10.0 Å². The monoisotopic (exact) mass is 414 g/mol. The highest BCUT2D eigenvalue weighted by Gasteiger charge is 2.28. The summed E-state index contributed by atoms with van der Waals surface area (Å²) in [6.07, 6.45) is 1.53. The second-order valence-corrected chi connectivity index (χ2v) is 6.96. The van der Waals surface area contributed by atoms with Gasteiger partial charge in [0.2, 0.25) is 5.78 Å². The van der Waals surface area contributed by atoms with Gasteiger partial charge in [-0.3, -0.25) is 4.79 Å². The van der Waals surface area contributed by atoms with Gasteiger partial charge in [-0.05, 0) is 48.0 Å². The average molecular weight is 415 g/mol. The SMILES string of the molecule is O=C1C(=Cc2c(Cl)cccc2Cl)Oc2cc(OCc3ccc(F)cc3)ccc21.